The molecule has 130 valence electrons. The molecule has 0 aromatic heterocycles. The van der Waals surface area contributed by atoms with E-state index in [-0.39, 0.29) is 28.7 Å². The highest BCUT2D eigenvalue weighted by atomic mass is 35.5. The molecule has 0 saturated carbocycles. The van der Waals surface area contributed by atoms with Gasteiger partial charge in [0.25, 0.3) is 5.69 Å². The van der Waals surface area contributed by atoms with E-state index in [2.05, 4.69) is 0 Å². The summed E-state index contributed by atoms with van der Waals surface area (Å²) in [5.74, 6) is -0.432. The lowest BCUT2D eigenvalue weighted by atomic mass is 10.1. The highest BCUT2D eigenvalue weighted by Crippen LogP contribution is 2.26. The summed E-state index contributed by atoms with van der Waals surface area (Å²) in [5, 5.41) is 10.8. The van der Waals surface area contributed by atoms with Crippen molar-refractivity contribution in [3.63, 3.8) is 0 Å². The minimum Gasteiger partial charge on any atom is -0.496 e. The number of rotatable bonds is 6. The number of ether oxygens (including phenoxy) is 2. The maximum atomic E-state index is 12.1. The molecule has 0 unspecified atom stereocenters. The molecule has 0 aliphatic carbocycles. The standard InChI is InChI=1S/C17H14ClNO6/c1-10(20)11-4-6-16(24-2)13(7-11)9-25-17(21)12-3-5-14(18)15(8-12)19(22)23/h3-8H,9H2,1-2H3. The first-order valence-electron chi connectivity index (χ1n) is 7.12. The van der Waals surface area contributed by atoms with E-state index in [1.807, 2.05) is 0 Å². The van der Waals surface area contributed by atoms with Gasteiger partial charge in [-0.05, 0) is 37.3 Å². The van der Waals surface area contributed by atoms with Gasteiger partial charge >= 0.3 is 5.97 Å². The zero-order valence-electron chi connectivity index (χ0n) is 13.4. The van der Waals surface area contributed by atoms with Gasteiger partial charge in [0.2, 0.25) is 0 Å². The lowest BCUT2D eigenvalue weighted by molar-refractivity contribution is -0.384. The predicted molar refractivity (Wildman–Crippen MR) is 90.2 cm³/mol. The van der Waals surface area contributed by atoms with Crippen LogP contribution in [0.4, 0.5) is 5.69 Å². The number of nitro benzene ring substituents is 1. The Morgan fingerprint density at radius 3 is 2.44 bits per heavy atom. The van der Waals surface area contributed by atoms with Crippen LogP contribution in [0.2, 0.25) is 5.02 Å². The van der Waals surface area contributed by atoms with E-state index < -0.39 is 10.9 Å². The first-order chi connectivity index (χ1) is 11.8. The molecule has 0 atom stereocenters. The fourth-order valence-electron chi connectivity index (χ4n) is 2.12. The minimum atomic E-state index is -0.755. The second-order valence-electron chi connectivity index (χ2n) is 5.08. The second kappa shape index (κ2) is 7.76. The summed E-state index contributed by atoms with van der Waals surface area (Å²) in [6.07, 6.45) is 0. The Bertz CT molecular complexity index is 849. The highest BCUT2D eigenvalue weighted by Gasteiger charge is 2.18. The van der Waals surface area contributed by atoms with Crippen molar-refractivity contribution in [2.45, 2.75) is 13.5 Å². The lowest BCUT2D eigenvalue weighted by Gasteiger charge is -2.11. The molecule has 0 heterocycles. The van der Waals surface area contributed by atoms with Crippen LogP contribution in [-0.2, 0) is 11.3 Å². The molecule has 7 nitrogen and oxygen atoms in total. The van der Waals surface area contributed by atoms with Crippen molar-refractivity contribution in [3.8, 4) is 5.75 Å². The zero-order valence-corrected chi connectivity index (χ0v) is 14.2. The summed E-state index contributed by atoms with van der Waals surface area (Å²) in [4.78, 5) is 33.8. The number of methoxy groups -OCH3 is 1. The largest absolute Gasteiger partial charge is 0.496 e. The van der Waals surface area contributed by atoms with E-state index in [0.29, 0.717) is 16.9 Å². The zero-order chi connectivity index (χ0) is 18.6. The van der Waals surface area contributed by atoms with Crippen LogP contribution in [0.15, 0.2) is 36.4 Å². The summed E-state index contributed by atoms with van der Waals surface area (Å²) in [6, 6.07) is 8.42. The van der Waals surface area contributed by atoms with Crippen molar-refractivity contribution in [1.82, 2.24) is 0 Å². The Kier molecular flexibility index (Phi) is 5.71. The summed E-state index contributed by atoms with van der Waals surface area (Å²) in [7, 11) is 1.46. The number of esters is 1. The Labute approximate surface area is 148 Å². The lowest BCUT2D eigenvalue weighted by Crippen LogP contribution is -2.07. The number of carbonyl (C=O) groups excluding carboxylic acids is 2. The molecule has 0 radical (unpaired) electrons. The Morgan fingerprint density at radius 2 is 1.84 bits per heavy atom. The van der Waals surface area contributed by atoms with Crippen LogP contribution in [0.1, 0.15) is 33.2 Å². The summed E-state index contributed by atoms with van der Waals surface area (Å²) >= 11 is 5.71. The van der Waals surface area contributed by atoms with Crippen molar-refractivity contribution in [1.29, 1.82) is 0 Å². The fraction of sp³-hybridized carbons (Fsp3) is 0.176. The molecule has 2 aromatic carbocycles. The van der Waals surface area contributed by atoms with Crippen molar-refractivity contribution < 1.29 is 24.0 Å². The van der Waals surface area contributed by atoms with Gasteiger partial charge in [0, 0.05) is 17.2 Å². The molecule has 0 bridgehead atoms. The minimum absolute atomic E-state index is 0.00205. The average molecular weight is 364 g/mol. The monoisotopic (exact) mass is 363 g/mol. The molecular formula is C17H14ClNO6. The summed E-state index contributed by atoms with van der Waals surface area (Å²) < 4.78 is 10.3. The van der Waals surface area contributed by atoms with Crippen LogP contribution in [0.5, 0.6) is 5.75 Å². The van der Waals surface area contributed by atoms with Crippen molar-refractivity contribution in [2.24, 2.45) is 0 Å². The molecular weight excluding hydrogens is 350 g/mol. The molecule has 0 aliphatic rings. The number of benzene rings is 2. The van der Waals surface area contributed by atoms with Gasteiger partial charge in [-0.25, -0.2) is 4.79 Å². The van der Waals surface area contributed by atoms with E-state index in [1.165, 1.54) is 26.2 Å². The number of carbonyl (C=O) groups is 2. The van der Waals surface area contributed by atoms with E-state index in [1.54, 1.807) is 18.2 Å². The maximum absolute atomic E-state index is 12.1. The van der Waals surface area contributed by atoms with Crippen molar-refractivity contribution in [3.05, 3.63) is 68.2 Å². The maximum Gasteiger partial charge on any atom is 0.338 e. The fourth-order valence-corrected chi connectivity index (χ4v) is 2.30. The molecule has 2 aromatic rings. The van der Waals surface area contributed by atoms with E-state index >= 15 is 0 Å². The number of hydrogen-bond donors (Lipinski definition) is 0. The molecule has 0 amide bonds. The third kappa shape index (κ3) is 4.33. The van der Waals surface area contributed by atoms with Gasteiger partial charge in [0.05, 0.1) is 17.6 Å². The summed E-state index contributed by atoms with van der Waals surface area (Å²) in [6.45, 7) is 1.27. The van der Waals surface area contributed by atoms with Crippen LogP contribution >= 0.6 is 11.6 Å². The van der Waals surface area contributed by atoms with Crippen LogP contribution in [0, 0.1) is 10.1 Å². The third-order valence-electron chi connectivity index (χ3n) is 3.42. The molecule has 8 heteroatoms. The molecule has 0 aliphatic heterocycles. The van der Waals surface area contributed by atoms with Crippen LogP contribution < -0.4 is 4.74 Å². The van der Waals surface area contributed by atoms with Gasteiger partial charge in [-0.2, -0.15) is 0 Å². The van der Waals surface area contributed by atoms with Gasteiger partial charge in [-0.15, -0.1) is 0 Å². The molecule has 0 N–H and O–H groups in total. The van der Waals surface area contributed by atoms with Crippen molar-refractivity contribution in [2.75, 3.05) is 7.11 Å². The van der Waals surface area contributed by atoms with E-state index in [0.717, 1.165) is 6.07 Å². The van der Waals surface area contributed by atoms with Gasteiger partial charge < -0.3 is 9.47 Å². The van der Waals surface area contributed by atoms with Crippen LogP contribution in [0.25, 0.3) is 0 Å². The van der Waals surface area contributed by atoms with Gasteiger partial charge in [0.15, 0.2) is 5.78 Å². The molecule has 0 saturated heterocycles. The Morgan fingerprint density at radius 1 is 1.16 bits per heavy atom. The first-order valence-corrected chi connectivity index (χ1v) is 7.50. The Balaban J connectivity index is 2.20. The predicted octanol–water partition coefficient (Wildman–Crippen LogP) is 3.82. The smallest absolute Gasteiger partial charge is 0.338 e. The molecule has 0 spiro atoms. The Hall–Kier alpha value is -2.93. The molecule has 25 heavy (non-hydrogen) atoms. The third-order valence-corrected chi connectivity index (χ3v) is 3.74. The van der Waals surface area contributed by atoms with E-state index in [9.17, 15) is 19.7 Å². The SMILES string of the molecule is COc1ccc(C(C)=O)cc1COC(=O)c1ccc(Cl)c([N+](=O)[O-])c1. The summed E-state index contributed by atoms with van der Waals surface area (Å²) in [5.41, 5.74) is 0.575. The first kappa shape index (κ1) is 18.4. The highest BCUT2D eigenvalue weighted by molar-refractivity contribution is 6.32. The number of nitrogens with zero attached hydrogens (tertiary/aromatic N) is 1. The van der Waals surface area contributed by atoms with Gasteiger partial charge in [0.1, 0.15) is 17.4 Å². The van der Waals surface area contributed by atoms with E-state index in [4.69, 9.17) is 21.1 Å². The second-order valence-corrected chi connectivity index (χ2v) is 5.49. The number of halogens is 1. The average Bonchev–Trinajstić information content (AvgIpc) is 2.59. The number of ketones is 1. The van der Waals surface area contributed by atoms with Crippen LogP contribution in [0.3, 0.4) is 0 Å². The number of hydrogen-bond acceptors (Lipinski definition) is 6. The topological polar surface area (TPSA) is 95.7 Å². The number of nitro groups is 1. The number of Topliss-reactive ketones (excluding diaryl/α,β-unsaturated/α-hetero) is 1. The van der Waals surface area contributed by atoms with Crippen LogP contribution in [-0.4, -0.2) is 23.8 Å². The van der Waals surface area contributed by atoms with Gasteiger partial charge in [-0.1, -0.05) is 11.6 Å². The van der Waals surface area contributed by atoms with Gasteiger partial charge in [-0.3, -0.25) is 14.9 Å². The molecule has 2 rings (SSSR count). The molecule has 0 fully saturated rings. The normalized spacial score (nSPS) is 10.2. The quantitative estimate of drug-likeness (QED) is 0.335. The van der Waals surface area contributed by atoms with Crippen molar-refractivity contribution >= 4 is 29.0 Å².